The van der Waals surface area contributed by atoms with Crippen molar-refractivity contribution in [2.45, 2.75) is 6.92 Å². The number of benzene rings is 1. The van der Waals surface area contributed by atoms with Gasteiger partial charge in [-0.25, -0.2) is 4.79 Å². The minimum Gasteiger partial charge on any atom is -0.462 e. The molecule has 4 nitrogen and oxygen atoms in total. The third-order valence-corrected chi connectivity index (χ3v) is 2.43. The average molecular weight is 252 g/mol. The molecule has 2 aromatic rings. The molecule has 2 rings (SSSR count). The lowest BCUT2D eigenvalue weighted by molar-refractivity contribution is 0.0526. The third kappa shape index (κ3) is 2.47. The lowest BCUT2D eigenvalue weighted by Crippen LogP contribution is -2.04. The number of halogens is 1. The maximum absolute atomic E-state index is 11.6. The van der Waals surface area contributed by atoms with E-state index >= 15 is 0 Å². The van der Waals surface area contributed by atoms with Crippen LogP contribution in [0.3, 0.4) is 0 Å². The number of ether oxygens (including phenoxy) is 1. The second-order valence-electron chi connectivity index (χ2n) is 3.30. The smallest absolute Gasteiger partial charge is 0.343 e. The molecule has 88 valence electrons. The van der Waals surface area contributed by atoms with E-state index in [1.54, 1.807) is 31.2 Å². The van der Waals surface area contributed by atoms with Crippen LogP contribution in [0.25, 0.3) is 11.3 Å². The van der Waals surface area contributed by atoms with Crippen molar-refractivity contribution in [1.29, 1.82) is 0 Å². The van der Waals surface area contributed by atoms with Crippen LogP contribution in [0.4, 0.5) is 0 Å². The minimum atomic E-state index is -0.446. The molecule has 0 saturated carbocycles. The van der Waals surface area contributed by atoms with Crippen molar-refractivity contribution in [3.05, 3.63) is 41.1 Å². The van der Waals surface area contributed by atoms with E-state index in [0.717, 1.165) is 5.56 Å². The van der Waals surface area contributed by atoms with Gasteiger partial charge in [0.25, 0.3) is 0 Å². The molecule has 0 aliphatic rings. The van der Waals surface area contributed by atoms with Gasteiger partial charge in [0.1, 0.15) is 17.5 Å². The van der Waals surface area contributed by atoms with Gasteiger partial charge in [-0.1, -0.05) is 28.9 Å². The van der Waals surface area contributed by atoms with Crippen LogP contribution in [0, 0.1) is 0 Å². The summed E-state index contributed by atoms with van der Waals surface area (Å²) in [6.07, 6.45) is 1.28. The van der Waals surface area contributed by atoms with Crippen molar-refractivity contribution in [1.82, 2.24) is 5.16 Å². The Hall–Kier alpha value is -1.81. The van der Waals surface area contributed by atoms with Gasteiger partial charge in [-0.15, -0.1) is 0 Å². The summed E-state index contributed by atoms with van der Waals surface area (Å²) in [5, 5.41) is 4.42. The molecule has 0 aliphatic heterocycles. The highest BCUT2D eigenvalue weighted by molar-refractivity contribution is 6.30. The van der Waals surface area contributed by atoms with Crippen molar-refractivity contribution in [3.63, 3.8) is 0 Å². The highest BCUT2D eigenvalue weighted by Crippen LogP contribution is 2.24. The second-order valence-corrected chi connectivity index (χ2v) is 3.74. The topological polar surface area (TPSA) is 52.3 Å². The Morgan fingerprint density at radius 1 is 1.41 bits per heavy atom. The van der Waals surface area contributed by atoms with Crippen molar-refractivity contribution >= 4 is 17.6 Å². The number of aromatic nitrogens is 1. The summed E-state index contributed by atoms with van der Waals surface area (Å²) in [6, 6.07) is 6.98. The highest BCUT2D eigenvalue weighted by atomic mass is 35.5. The monoisotopic (exact) mass is 251 g/mol. The molecule has 5 heteroatoms. The molecule has 0 aliphatic carbocycles. The molecule has 0 unspecified atom stereocenters. The van der Waals surface area contributed by atoms with E-state index in [4.69, 9.17) is 20.9 Å². The molecular formula is C12H10ClNO3. The van der Waals surface area contributed by atoms with Crippen LogP contribution in [0.1, 0.15) is 17.3 Å². The number of esters is 1. The molecule has 0 spiro atoms. The first-order valence-corrected chi connectivity index (χ1v) is 5.47. The predicted molar refractivity (Wildman–Crippen MR) is 62.9 cm³/mol. The fourth-order valence-corrected chi connectivity index (χ4v) is 1.53. The van der Waals surface area contributed by atoms with Crippen molar-refractivity contribution in [2.24, 2.45) is 0 Å². The van der Waals surface area contributed by atoms with E-state index in [9.17, 15) is 4.79 Å². The maximum atomic E-state index is 11.6. The largest absolute Gasteiger partial charge is 0.462 e. The Morgan fingerprint density at radius 2 is 2.12 bits per heavy atom. The van der Waals surface area contributed by atoms with Crippen LogP contribution in [0.2, 0.25) is 5.02 Å². The van der Waals surface area contributed by atoms with Gasteiger partial charge >= 0.3 is 5.97 Å². The molecule has 0 fully saturated rings. The quantitative estimate of drug-likeness (QED) is 0.787. The fraction of sp³-hybridized carbons (Fsp3) is 0.167. The predicted octanol–water partition coefficient (Wildman–Crippen LogP) is 3.17. The SMILES string of the molecule is CCOC(=O)c1conc1-c1ccc(Cl)cc1. The van der Waals surface area contributed by atoms with Gasteiger partial charge in [0.2, 0.25) is 0 Å². The zero-order valence-electron chi connectivity index (χ0n) is 9.14. The Balaban J connectivity index is 2.36. The van der Waals surface area contributed by atoms with E-state index < -0.39 is 5.97 Å². The summed E-state index contributed by atoms with van der Waals surface area (Å²) in [5.74, 6) is -0.446. The highest BCUT2D eigenvalue weighted by Gasteiger charge is 2.18. The molecule has 0 bridgehead atoms. The number of nitrogens with zero attached hydrogens (tertiary/aromatic N) is 1. The van der Waals surface area contributed by atoms with Crippen molar-refractivity contribution < 1.29 is 14.1 Å². The number of hydrogen-bond donors (Lipinski definition) is 0. The van der Waals surface area contributed by atoms with E-state index in [1.807, 2.05) is 0 Å². The van der Waals surface area contributed by atoms with Gasteiger partial charge in [-0.3, -0.25) is 0 Å². The standard InChI is InChI=1S/C12H10ClNO3/c1-2-16-12(15)10-7-17-14-11(10)8-3-5-9(13)6-4-8/h3-7H,2H2,1H3. The van der Waals surface area contributed by atoms with Crippen molar-refractivity contribution in [2.75, 3.05) is 6.61 Å². The Kier molecular flexibility index (Phi) is 3.44. The zero-order valence-corrected chi connectivity index (χ0v) is 9.90. The molecule has 1 aromatic heterocycles. The van der Waals surface area contributed by atoms with Crippen LogP contribution in [0.15, 0.2) is 35.1 Å². The maximum Gasteiger partial charge on any atom is 0.343 e. The fourth-order valence-electron chi connectivity index (χ4n) is 1.41. The Labute approximate surface area is 103 Å². The summed E-state index contributed by atoms with van der Waals surface area (Å²) in [4.78, 5) is 11.6. The summed E-state index contributed by atoms with van der Waals surface area (Å²) in [6.45, 7) is 2.05. The van der Waals surface area contributed by atoms with E-state index in [2.05, 4.69) is 5.16 Å². The normalized spacial score (nSPS) is 10.2. The zero-order chi connectivity index (χ0) is 12.3. The summed E-state index contributed by atoms with van der Waals surface area (Å²) < 4.78 is 9.72. The molecule has 0 amide bonds. The average Bonchev–Trinajstić information content (AvgIpc) is 2.79. The number of rotatable bonds is 3. The summed E-state index contributed by atoms with van der Waals surface area (Å²) in [7, 11) is 0. The molecule has 0 N–H and O–H groups in total. The van der Waals surface area contributed by atoms with Gasteiger partial charge in [0.15, 0.2) is 0 Å². The lowest BCUT2D eigenvalue weighted by Gasteiger charge is -2.01. The van der Waals surface area contributed by atoms with Gasteiger partial charge in [-0.2, -0.15) is 0 Å². The van der Waals surface area contributed by atoms with Crippen LogP contribution in [-0.4, -0.2) is 17.7 Å². The van der Waals surface area contributed by atoms with Gasteiger partial charge in [0, 0.05) is 10.6 Å². The van der Waals surface area contributed by atoms with E-state index in [1.165, 1.54) is 6.26 Å². The second kappa shape index (κ2) is 5.01. The first-order chi connectivity index (χ1) is 8.22. The van der Waals surface area contributed by atoms with E-state index in [-0.39, 0.29) is 0 Å². The molecule has 0 saturated heterocycles. The van der Waals surface area contributed by atoms with Crippen LogP contribution < -0.4 is 0 Å². The molecule has 1 heterocycles. The number of carbonyl (C=O) groups excluding carboxylic acids is 1. The van der Waals surface area contributed by atoms with Crippen LogP contribution >= 0.6 is 11.6 Å². The van der Waals surface area contributed by atoms with Crippen LogP contribution in [-0.2, 0) is 4.74 Å². The molecule has 0 radical (unpaired) electrons. The minimum absolute atomic E-state index is 0.310. The van der Waals surface area contributed by atoms with Gasteiger partial charge in [-0.05, 0) is 19.1 Å². The first-order valence-electron chi connectivity index (χ1n) is 5.09. The molecule has 0 atom stereocenters. The number of hydrogen-bond acceptors (Lipinski definition) is 4. The van der Waals surface area contributed by atoms with Crippen LogP contribution in [0.5, 0.6) is 0 Å². The first kappa shape index (κ1) is 11.7. The van der Waals surface area contributed by atoms with Gasteiger partial charge in [0.05, 0.1) is 6.61 Å². The summed E-state index contributed by atoms with van der Waals surface area (Å²) in [5.41, 5.74) is 1.53. The Morgan fingerprint density at radius 3 is 2.76 bits per heavy atom. The third-order valence-electron chi connectivity index (χ3n) is 2.18. The Bertz CT molecular complexity index is 519. The van der Waals surface area contributed by atoms with E-state index in [0.29, 0.717) is 22.9 Å². The lowest BCUT2D eigenvalue weighted by atomic mass is 10.1. The molecular weight excluding hydrogens is 242 g/mol. The van der Waals surface area contributed by atoms with Gasteiger partial charge < -0.3 is 9.26 Å². The number of carbonyl (C=O) groups is 1. The summed E-state index contributed by atoms with van der Waals surface area (Å²) >= 11 is 5.79. The molecule has 17 heavy (non-hydrogen) atoms. The molecule has 1 aromatic carbocycles. The van der Waals surface area contributed by atoms with Crippen molar-refractivity contribution in [3.8, 4) is 11.3 Å².